The number of rotatable bonds is 3. The van der Waals surface area contributed by atoms with Gasteiger partial charge in [0.15, 0.2) is 11.6 Å². The number of fused-ring (bicyclic) bond motifs is 1. The van der Waals surface area contributed by atoms with Crippen LogP contribution < -0.4 is 11.1 Å². The van der Waals surface area contributed by atoms with Gasteiger partial charge in [0.2, 0.25) is 5.28 Å². The van der Waals surface area contributed by atoms with Crippen molar-refractivity contribution in [1.29, 1.82) is 0 Å². The number of carbonyl (C=O) groups is 1. The van der Waals surface area contributed by atoms with Gasteiger partial charge >= 0.3 is 0 Å². The first-order valence-electron chi connectivity index (χ1n) is 6.41. The summed E-state index contributed by atoms with van der Waals surface area (Å²) in [5, 5.41) is 3.32. The number of aromatic nitrogens is 3. The van der Waals surface area contributed by atoms with Gasteiger partial charge < -0.3 is 15.6 Å². The van der Waals surface area contributed by atoms with Gasteiger partial charge in [0.05, 0.1) is 16.6 Å². The Morgan fingerprint density at radius 2 is 2.00 bits per heavy atom. The minimum absolute atomic E-state index is 0.0173. The van der Waals surface area contributed by atoms with Gasteiger partial charge in [-0.3, -0.25) is 4.79 Å². The maximum Gasteiger partial charge on any atom is 0.250 e. The van der Waals surface area contributed by atoms with Crippen molar-refractivity contribution in [3.63, 3.8) is 0 Å². The van der Waals surface area contributed by atoms with Crippen LogP contribution in [0, 0.1) is 11.6 Å². The number of nitrogens with two attached hydrogens (primary N) is 1. The fourth-order valence-electron chi connectivity index (χ4n) is 2.19. The Labute approximate surface area is 133 Å². The first-order valence-corrected chi connectivity index (χ1v) is 6.79. The summed E-state index contributed by atoms with van der Waals surface area (Å²) in [6, 6.07) is 3.28. The van der Waals surface area contributed by atoms with Crippen LogP contribution in [0.25, 0.3) is 11.0 Å². The second-order valence-electron chi connectivity index (χ2n) is 4.81. The fraction of sp³-hybridized carbons (Fsp3) is 0.0714. The van der Waals surface area contributed by atoms with Gasteiger partial charge in [-0.25, -0.2) is 8.78 Å². The average molecular weight is 338 g/mol. The molecule has 0 saturated heterocycles. The van der Waals surface area contributed by atoms with Gasteiger partial charge in [-0.15, -0.1) is 0 Å². The molecule has 0 radical (unpaired) electrons. The highest BCUT2D eigenvalue weighted by Crippen LogP contribution is 2.28. The smallest absolute Gasteiger partial charge is 0.250 e. The van der Waals surface area contributed by atoms with Crippen molar-refractivity contribution in [1.82, 2.24) is 14.5 Å². The standard InChI is InChI=1S/C14H10ClF2N5O/c1-22-3-2-6-12(20-14(15)21-13(6)22)19-10-5-9(17)8(16)4-7(10)11(18)23/h2-5H,1H3,(H2,18,23)(H,19,20,21). The molecule has 0 aliphatic rings. The third-order valence-corrected chi connectivity index (χ3v) is 3.45. The Morgan fingerprint density at radius 3 is 2.70 bits per heavy atom. The van der Waals surface area contributed by atoms with E-state index >= 15 is 0 Å². The predicted molar refractivity (Wildman–Crippen MR) is 81.7 cm³/mol. The van der Waals surface area contributed by atoms with Crippen LogP contribution >= 0.6 is 11.6 Å². The molecule has 118 valence electrons. The quantitative estimate of drug-likeness (QED) is 0.720. The lowest BCUT2D eigenvalue weighted by molar-refractivity contribution is 0.100. The van der Waals surface area contributed by atoms with E-state index in [1.165, 1.54) is 0 Å². The monoisotopic (exact) mass is 337 g/mol. The number of hydrogen-bond donors (Lipinski definition) is 2. The topological polar surface area (TPSA) is 85.8 Å². The molecule has 3 rings (SSSR count). The number of primary amides is 1. The Balaban J connectivity index is 2.16. The summed E-state index contributed by atoms with van der Waals surface area (Å²) in [6.07, 6.45) is 1.74. The SMILES string of the molecule is Cn1ccc2c(Nc3cc(F)c(F)cc3C(N)=O)nc(Cl)nc21. The molecule has 2 aromatic heterocycles. The number of halogens is 3. The number of carbonyl (C=O) groups excluding carboxylic acids is 1. The molecule has 3 aromatic rings. The number of hydrogen-bond acceptors (Lipinski definition) is 4. The molecule has 9 heteroatoms. The van der Waals surface area contributed by atoms with E-state index in [-0.39, 0.29) is 22.4 Å². The van der Waals surface area contributed by atoms with Gasteiger partial charge in [-0.1, -0.05) is 0 Å². The fourth-order valence-corrected chi connectivity index (χ4v) is 2.35. The second-order valence-corrected chi connectivity index (χ2v) is 5.14. The van der Waals surface area contributed by atoms with Gasteiger partial charge in [-0.05, 0) is 23.7 Å². The number of benzene rings is 1. The highest BCUT2D eigenvalue weighted by Gasteiger charge is 2.17. The Morgan fingerprint density at radius 1 is 1.30 bits per heavy atom. The second kappa shape index (κ2) is 5.47. The maximum atomic E-state index is 13.5. The van der Waals surface area contributed by atoms with Gasteiger partial charge in [-0.2, -0.15) is 9.97 Å². The lowest BCUT2D eigenvalue weighted by atomic mass is 10.1. The lowest BCUT2D eigenvalue weighted by Crippen LogP contribution is -2.14. The van der Waals surface area contributed by atoms with Gasteiger partial charge in [0.1, 0.15) is 11.5 Å². The molecule has 6 nitrogen and oxygen atoms in total. The Hall–Kier alpha value is -2.74. The van der Waals surface area contributed by atoms with Gasteiger partial charge in [0.25, 0.3) is 5.91 Å². The van der Waals surface area contributed by atoms with E-state index in [0.717, 1.165) is 12.1 Å². The highest BCUT2D eigenvalue weighted by atomic mass is 35.5. The van der Waals surface area contributed by atoms with E-state index in [4.69, 9.17) is 17.3 Å². The molecule has 2 heterocycles. The molecular weight excluding hydrogens is 328 g/mol. The molecule has 0 aliphatic carbocycles. The van der Waals surface area contributed by atoms with Gasteiger partial charge in [0, 0.05) is 19.3 Å². The van der Waals surface area contributed by atoms with E-state index < -0.39 is 17.5 Å². The van der Waals surface area contributed by atoms with E-state index in [1.54, 1.807) is 23.9 Å². The van der Waals surface area contributed by atoms with E-state index in [9.17, 15) is 13.6 Å². The molecule has 0 fully saturated rings. The highest BCUT2D eigenvalue weighted by molar-refractivity contribution is 6.28. The summed E-state index contributed by atoms with van der Waals surface area (Å²) >= 11 is 5.88. The number of nitrogens with one attached hydrogen (secondary N) is 1. The van der Waals surface area contributed by atoms with Crippen LogP contribution in [-0.4, -0.2) is 20.4 Å². The van der Waals surface area contributed by atoms with Crippen molar-refractivity contribution in [3.8, 4) is 0 Å². The largest absolute Gasteiger partial charge is 0.366 e. The molecule has 23 heavy (non-hydrogen) atoms. The van der Waals surface area contributed by atoms with E-state index in [1.807, 2.05) is 0 Å². The molecule has 0 atom stereocenters. The third kappa shape index (κ3) is 2.68. The molecule has 0 spiro atoms. The van der Waals surface area contributed by atoms with E-state index in [2.05, 4.69) is 15.3 Å². The first-order chi connectivity index (χ1) is 10.9. The number of nitrogens with zero attached hydrogens (tertiary/aromatic N) is 3. The van der Waals surface area contributed by atoms with Crippen LogP contribution in [0.5, 0.6) is 0 Å². The van der Waals surface area contributed by atoms with Crippen molar-refractivity contribution in [2.75, 3.05) is 5.32 Å². The van der Waals surface area contributed by atoms with Crippen LogP contribution in [-0.2, 0) is 7.05 Å². The first kappa shape index (κ1) is 15.2. The summed E-state index contributed by atoms with van der Waals surface area (Å²) in [4.78, 5) is 19.5. The van der Waals surface area contributed by atoms with Crippen molar-refractivity contribution < 1.29 is 13.6 Å². The molecule has 0 aliphatic heterocycles. The number of anilines is 2. The minimum atomic E-state index is -1.17. The zero-order valence-electron chi connectivity index (χ0n) is 11.8. The molecule has 0 unspecified atom stereocenters. The maximum absolute atomic E-state index is 13.5. The van der Waals surface area contributed by atoms with Crippen molar-refractivity contribution >= 4 is 40.0 Å². The predicted octanol–water partition coefficient (Wildman–Crippen LogP) is 2.74. The van der Waals surface area contributed by atoms with Crippen molar-refractivity contribution in [2.45, 2.75) is 0 Å². The average Bonchev–Trinajstić information content (AvgIpc) is 2.84. The number of amides is 1. The number of aryl methyl sites for hydroxylation is 1. The zero-order valence-corrected chi connectivity index (χ0v) is 12.5. The normalized spacial score (nSPS) is 11.0. The van der Waals surface area contributed by atoms with Crippen LogP contribution in [0.1, 0.15) is 10.4 Å². The summed E-state index contributed by atoms with van der Waals surface area (Å²) in [5.41, 5.74) is 5.52. The Kier molecular flexibility index (Phi) is 3.61. The molecule has 1 amide bonds. The molecule has 0 saturated carbocycles. The molecule has 0 bridgehead atoms. The van der Waals surface area contributed by atoms with E-state index in [0.29, 0.717) is 11.0 Å². The molecule has 3 N–H and O–H groups in total. The van der Waals surface area contributed by atoms with Crippen LogP contribution in [0.4, 0.5) is 20.3 Å². The molecular formula is C14H10ClF2N5O. The van der Waals surface area contributed by atoms with Crippen molar-refractivity contribution in [2.24, 2.45) is 12.8 Å². The van der Waals surface area contributed by atoms with Crippen molar-refractivity contribution in [3.05, 3.63) is 46.9 Å². The summed E-state index contributed by atoms with van der Waals surface area (Å²) in [6.45, 7) is 0. The summed E-state index contributed by atoms with van der Waals surface area (Å²) in [5.74, 6) is -2.96. The summed E-state index contributed by atoms with van der Waals surface area (Å²) in [7, 11) is 1.77. The lowest BCUT2D eigenvalue weighted by Gasteiger charge is -2.11. The third-order valence-electron chi connectivity index (χ3n) is 3.28. The van der Waals surface area contributed by atoms with Crippen LogP contribution in [0.2, 0.25) is 5.28 Å². The molecule has 1 aromatic carbocycles. The van der Waals surface area contributed by atoms with Crippen LogP contribution in [0.3, 0.4) is 0 Å². The van der Waals surface area contributed by atoms with Crippen LogP contribution in [0.15, 0.2) is 24.4 Å². The Bertz CT molecular complexity index is 941. The minimum Gasteiger partial charge on any atom is -0.366 e. The summed E-state index contributed by atoms with van der Waals surface area (Å²) < 4.78 is 28.5. The zero-order chi connectivity index (χ0) is 16.7.